The molecule has 1 aliphatic heterocycles. The van der Waals surface area contributed by atoms with E-state index >= 15 is 0 Å². The van der Waals surface area contributed by atoms with E-state index in [2.05, 4.69) is 17.6 Å². The quantitative estimate of drug-likeness (QED) is 0.692. The highest BCUT2D eigenvalue weighted by Gasteiger charge is 2.27. The van der Waals surface area contributed by atoms with Gasteiger partial charge in [-0.1, -0.05) is 13.3 Å². The van der Waals surface area contributed by atoms with E-state index in [1.54, 1.807) is 0 Å². The van der Waals surface area contributed by atoms with Crippen LogP contribution < -0.4 is 10.6 Å². The molecule has 0 radical (unpaired) electrons. The van der Waals surface area contributed by atoms with Gasteiger partial charge in [0.2, 0.25) is 5.91 Å². The first-order valence-corrected chi connectivity index (χ1v) is 8.29. The number of carbonyl (C=O) groups is 1. The monoisotopic (exact) mass is 282 g/mol. The van der Waals surface area contributed by atoms with Crippen LogP contribution in [0.15, 0.2) is 0 Å². The summed E-state index contributed by atoms with van der Waals surface area (Å²) < 4.78 is 0. The third kappa shape index (κ3) is 4.45. The van der Waals surface area contributed by atoms with Crippen LogP contribution in [0.1, 0.15) is 45.4 Å². The normalized spacial score (nSPS) is 32.0. The van der Waals surface area contributed by atoms with Crippen molar-refractivity contribution in [2.24, 2.45) is 23.7 Å². The maximum Gasteiger partial charge on any atom is 0.220 e. The lowest BCUT2D eigenvalue weighted by Gasteiger charge is -2.28. The molecule has 0 spiro atoms. The van der Waals surface area contributed by atoms with Crippen molar-refractivity contribution in [1.82, 2.24) is 10.6 Å². The van der Waals surface area contributed by atoms with Crippen molar-refractivity contribution in [1.29, 1.82) is 0 Å². The Labute approximate surface area is 122 Å². The first-order valence-electron chi connectivity index (χ1n) is 8.29. The van der Waals surface area contributed by atoms with Gasteiger partial charge in [-0.3, -0.25) is 4.79 Å². The van der Waals surface area contributed by atoms with E-state index in [9.17, 15) is 9.90 Å². The van der Waals surface area contributed by atoms with Gasteiger partial charge in [-0.25, -0.2) is 0 Å². The number of rotatable bonds is 6. The molecule has 3 N–H and O–H groups in total. The van der Waals surface area contributed by atoms with Gasteiger partial charge in [-0.15, -0.1) is 0 Å². The van der Waals surface area contributed by atoms with Crippen LogP contribution in [-0.2, 0) is 4.79 Å². The van der Waals surface area contributed by atoms with Crippen molar-refractivity contribution in [3.8, 4) is 0 Å². The standard InChI is InChI=1S/C16H30N2O2/c1-12(13-6-3-7-17-9-13)8-16(20)18-10-14-4-2-5-15(14)11-19/h12-15,17,19H,2-11H2,1H3,(H,18,20). The second-order valence-corrected chi connectivity index (χ2v) is 6.73. The molecule has 4 heteroatoms. The molecule has 4 nitrogen and oxygen atoms in total. The minimum Gasteiger partial charge on any atom is -0.396 e. The van der Waals surface area contributed by atoms with Crippen molar-refractivity contribution in [2.75, 3.05) is 26.2 Å². The number of piperidine rings is 1. The summed E-state index contributed by atoms with van der Waals surface area (Å²) in [4.78, 5) is 12.1. The number of amides is 1. The van der Waals surface area contributed by atoms with E-state index in [1.807, 2.05) is 0 Å². The van der Waals surface area contributed by atoms with Crippen LogP contribution in [0.5, 0.6) is 0 Å². The van der Waals surface area contributed by atoms with Crippen molar-refractivity contribution in [3.63, 3.8) is 0 Å². The lowest BCUT2D eigenvalue weighted by Crippen LogP contribution is -2.37. The number of hydrogen-bond donors (Lipinski definition) is 3. The highest BCUT2D eigenvalue weighted by atomic mass is 16.3. The maximum atomic E-state index is 12.1. The molecule has 4 unspecified atom stereocenters. The Morgan fingerprint density at radius 1 is 1.30 bits per heavy atom. The molecule has 1 heterocycles. The zero-order chi connectivity index (χ0) is 14.4. The van der Waals surface area contributed by atoms with E-state index in [0.29, 0.717) is 30.1 Å². The summed E-state index contributed by atoms with van der Waals surface area (Å²) in [5.74, 6) is 2.17. The van der Waals surface area contributed by atoms with Gasteiger partial charge in [0.1, 0.15) is 0 Å². The summed E-state index contributed by atoms with van der Waals surface area (Å²) in [5.41, 5.74) is 0. The SMILES string of the molecule is CC(CC(=O)NCC1CCCC1CO)C1CCCNC1. The van der Waals surface area contributed by atoms with Crippen LogP contribution in [0.25, 0.3) is 0 Å². The van der Waals surface area contributed by atoms with E-state index in [-0.39, 0.29) is 12.5 Å². The molecular weight excluding hydrogens is 252 g/mol. The van der Waals surface area contributed by atoms with Gasteiger partial charge in [0.25, 0.3) is 0 Å². The van der Waals surface area contributed by atoms with E-state index in [1.165, 1.54) is 19.3 Å². The van der Waals surface area contributed by atoms with Crippen molar-refractivity contribution in [3.05, 3.63) is 0 Å². The highest BCUT2D eigenvalue weighted by molar-refractivity contribution is 5.76. The smallest absolute Gasteiger partial charge is 0.220 e. The van der Waals surface area contributed by atoms with Crippen LogP contribution in [0.3, 0.4) is 0 Å². The van der Waals surface area contributed by atoms with Gasteiger partial charge in [-0.2, -0.15) is 0 Å². The third-order valence-corrected chi connectivity index (χ3v) is 5.26. The molecule has 0 aromatic carbocycles. The molecule has 0 bridgehead atoms. The number of hydrogen-bond acceptors (Lipinski definition) is 3. The summed E-state index contributed by atoms with van der Waals surface area (Å²) in [7, 11) is 0. The van der Waals surface area contributed by atoms with Gasteiger partial charge >= 0.3 is 0 Å². The Hall–Kier alpha value is -0.610. The number of nitrogens with one attached hydrogen (secondary N) is 2. The second kappa shape index (κ2) is 7.99. The Bertz CT molecular complexity index is 303. The Balaban J connectivity index is 1.66. The Kier molecular flexibility index (Phi) is 6.30. The predicted molar refractivity (Wildman–Crippen MR) is 80.3 cm³/mol. The highest BCUT2D eigenvalue weighted by Crippen LogP contribution is 2.30. The van der Waals surface area contributed by atoms with E-state index < -0.39 is 0 Å². The minimum atomic E-state index is 0.187. The number of carbonyl (C=O) groups excluding carboxylic acids is 1. The Morgan fingerprint density at radius 3 is 2.80 bits per heavy atom. The third-order valence-electron chi connectivity index (χ3n) is 5.26. The van der Waals surface area contributed by atoms with Crippen molar-refractivity contribution in [2.45, 2.75) is 45.4 Å². The topological polar surface area (TPSA) is 61.4 Å². The molecule has 0 aromatic rings. The summed E-state index contributed by atoms with van der Waals surface area (Å²) >= 11 is 0. The van der Waals surface area contributed by atoms with Crippen LogP contribution in [0, 0.1) is 23.7 Å². The van der Waals surface area contributed by atoms with Crippen molar-refractivity contribution >= 4 is 5.91 Å². The largest absolute Gasteiger partial charge is 0.396 e. The fraction of sp³-hybridized carbons (Fsp3) is 0.938. The molecular formula is C16H30N2O2. The van der Waals surface area contributed by atoms with Gasteiger partial charge in [0, 0.05) is 19.6 Å². The minimum absolute atomic E-state index is 0.187. The fourth-order valence-electron chi connectivity index (χ4n) is 3.76. The maximum absolute atomic E-state index is 12.1. The summed E-state index contributed by atoms with van der Waals surface area (Å²) in [5, 5.41) is 15.8. The summed E-state index contributed by atoms with van der Waals surface area (Å²) in [6.45, 7) is 5.40. The molecule has 2 fully saturated rings. The fourth-order valence-corrected chi connectivity index (χ4v) is 3.76. The van der Waals surface area contributed by atoms with E-state index in [0.717, 1.165) is 32.5 Å². The molecule has 1 amide bonds. The molecule has 1 saturated heterocycles. The molecule has 1 aliphatic carbocycles. The second-order valence-electron chi connectivity index (χ2n) is 6.73. The van der Waals surface area contributed by atoms with Gasteiger partial charge in [-0.05, 0) is 62.4 Å². The van der Waals surface area contributed by atoms with Gasteiger partial charge < -0.3 is 15.7 Å². The van der Waals surface area contributed by atoms with E-state index in [4.69, 9.17) is 0 Å². The molecule has 2 rings (SSSR count). The summed E-state index contributed by atoms with van der Waals surface area (Å²) in [6.07, 6.45) is 6.57. The molecule has 4 atom stereocenters. The van der Waals surface area contributed by atoms with Crippen LogP contribution in [0.4, 0.5) is 0 Å². The van der Waals surface area contributed by atoms with Crippen LogP contribution >= 0.6 is 0 Å². The zero-order valence-corrected chi connectivity index (χ0v) is 12.7. The van der Waals surface area contributed by atoms with Gasteiger partial charge in [0.15, 0.2) is 0 Å². The average molecular weight is 282 g/mol. The summed E-state index contributed by atoms with van der Waals surface area (Å²) in [6, 6.07) is 0. The first kappa shape index (κ1) is 15.8. The number of aliphatic hydroxyl groups is 1. The molecule has 2 aliphatic rings. The number of aliphatic hydroxyl groups excluding tert-OH is 1. The van der Waals surface area contributed by atoms with Crippen molar-refractivity contribution < 1.29 is 9.90 Å². The van der Waals surface area contributed by atoms with Crippen LogP contribution in [-0.4, -0.2) is 37.3 Å². The lowest BCUT2D eigenvalue weighted by atomic mass is 9.85. The van der Waals surface area contributed by atoms with Gasteiger partial charge in [0.05, 0.1) is 0 Å². The van der Waals surface area contributed by atoms with Crippen LogP contribution in [0.2, 0.25) is 0 Å². The molecule has 20 heavy (non-hydrogen) atoms. The molecule has 1 saturated carbocycles. The zero-order valence-electron chi connectivity index (χ0n) is 12.7. The average Bonchev–Trinajstić information content (AvgIpc) is 2.93. The predicted octanol–water partition coefficient (Wildman–Crippen LogP) is 1.54. The lowest BCUT2D eigenvalue weighted by molar-refractivity contribution is -0.122. The molecule has 116 valence electrons. The molecule has 0 aromatic heterocycles. The first-order chi connectivity index (χ1) is 9.70. The Morgan fingerprint density at radius 2 is 2.10 bits per heavy atom.